The van der Waals surface area contributed by atoms with Gasteiger partial charge < -0.3 is 79.0 Å². The number of methoxy groups -OCH3 is 3. The lowest BCUT2D eigenvalue weighted by atomic mass is 9.78. The number of piperidine rings is 1. The number of aliphatic hydroxyl groups is 4. The Morgan fingerprint density at radius 3 is 2.26 bits per heavy atom. The van der Waals surface area contributed by atoms with E-state index in [1.165, 1.54) is 12.0 Å². The van der Waals surface area contributed by atoms with Gasteiger partial charge in [-0.1, -0.05) is 76.2 Å². The van der Waals surface area contributed by atoms with Crippen molar-refractivity contribution in [2.24, 2.45) is 40.7 Å². The lowest BCUT2D eigenvalue weighted by Crippen LogP contribution is -2.61. The number of ketones is 1. The van der Waals surface area contributed by atoms with Crippen molar-refractivity contribution in [3.8, 4) is 0 Å². The van der Waals surface area contributed by atoms with E-state index in [-0.39, 0.29) is 87.8 Å². The first kappa shape index (κ1) is 75.5. The molecule has 6 N–H and O–H groups in total. The van der Waals surface area contributed by atoms with Crippen molar-refractivity contribution in [2.75, 3.05) is 92.4 Å². The molecule has 3 saturated heterocycles. The van der Waals surface area contributed by atoms with Crippen molar-refractivity contribution in [1.82, 2.24) is 30.4 Å². The number of hydrogen-bond donors (Lipinski definition) is 6. The van der Waals surface area contributed by atoms with Crippen LogP contribution in [0.5, 0.6) is 0 Å². The number of allylic oxidation sites excluding steroid dienone is 5. The Balaban J connectivity index is 1.17. The maximum absolute atomic E-state index is 14.7. The molecule has 0 spiro atoms. The Bertz CT molecular complexity index is 2670. The van der Waals surface area contributed by atoms with Crippen LogP contribution in [-0.4, -0.2) is 224 Å². The van der Waals surface area contributed by atoms with Crippen LogP contribution in [0, 0.1) is 35.5 Å². The van der Waals surface area contributed by atoms with Gasteiger partial charge in [-0.05, 0) is 114 Å². The Hall–Kier alpha value is -5.54. The van der Waals surface area contributed by atoms with Gasteiger partial charge in [0.05, 0.1) is 49.4 Å². The molecule has 16 atom stereocenters. The molecule has 1 saturated carbocycles. The molecule has 4 fully saturated rings. The highest BCUT2D eigenvalue weighted by Crippen LogP contribution is 2.38. The second-order valence-electron chi connectivity index (χ2n) is 26.4. The monoisotopic (exact) mass is 1290 g/mol. The summed E-state index contributed by atoms with van der Waals surface area (Å²) in [5.74, 6) is -7.32. The SMILES string of the molecule is CO[C@H]1C[C@@H]2CC[C@@H](C)[C@@](O)(O2)C(=O)C(=O)N2CCCC[C@H]2C(=O)O[C@H]([C@H](C)C[C@@H]2CC[C@@H](O)[C@H](OC)C2)C[C@@H](O)[C@H](C)/C=C(\C)[C@@H](O)[C@@H](OC)/C(=N/OCC(=O)NCCOCCC(=O)NCc2cnc(N3CCN(C)CC3)nc2)[C@H](C)C[C@H](C)/C=C/C=C/C=C/1C. The van der Waals surface area contributed by atoms with Gasteiger partial charge in [0.2, 0.25) is 17.6 Å². The summed E-state index contributed by atoms with van der Waals surface area (Å²) in [5.41, 5.74) is 2.42. The zero-order valence-electron chi connectivity index (χ0n) is 56.4. The summed E-state index contributed by atoms with van der Waals surface area (Å²) in [4.78, 5) is 89.5. The van der Waals surface area contributed by atoms with Gasteiger partial charge >= 0.3 is 5.97 Å². The number of esters is 1. The lowest BCUT2D eigenvalue weighted by molar-refractivity contribution is -0.265. The Morgan fingerprint density at radius 1 is 0.815 bits per heavy atom. The number of amides is 3. The minimum absolute atomic E-state index is 0.0260. The molecule has 24 nitrogen and oxygen atoms in total. The fourth-order valence-electron chi connectivity index (χ4n) is 13.1. The van der Waals surface area contributed by atoms with E-state index in [0.717, 1.165) is 37.3 Å². The second kappa shape index (κ2) is 37.5. The molecule has 516 valence electrons. The number of anilines is 1. The number of piperazine rings is 1. The predicted molar refractivity (Wildman–Crippen MR) is 347 cm³/mol. The summed E-state index contributed by atoms with van der Waals surface area (Å²) in [6, 6.07) is -1.15. The number of hydrogen-bond acceptors (Lipinski definition) is 21. The Kier molecular flexibility index (Phi) is 30.8. The zero-order valence-corrected chi connectivity index (χ0v) is 56.4. The summed E-state index contributed by atoms with van der Waals surface area (Å²) in [5, 5.41) is 57.1. The fraction of sp³-hybridized carbons (Fsp3) is 0.735. The molecule has 0 aromatic carbocycles. The first-order valence-corrected chi connectivity index (χ1v) is 33.3. The van der Waals surface area contributed by atoms with E-state index in [1.54, 1.807) is 53.5 Å². The zero-order chi connectivity index (χ0) is 67.1. The van der Waals surface area contributed by atoms with E-state index in [1.807, 2.05) is 58.1 Å². The van der Waals surface area contributed by atoms with Crippen LogP contribution in [0.25, 0.3) is 0 Å². The quantitative estimate of drug-likeness (QED) is 0.0364. The number of cyclic esters (lactones) is 1. The summed E-state index contributed by atoms with van der Waals surface area (Å²) in [7, 11) is 6.68. The van der Waals surface area contributed by atoms with Crippen molar-refractivity contribution in [2.45, 2.75) is 199 Å². The number of aliphatic hydroxyl groups excluding tert-OH is 3. The lowest BCUT2D eigenvalue weighted by Gasteiger charge is -2.43. The number of likely N-dealkylation sites (N-methyl/N-ethyl adjacent to an activating group) is 1. The van der Waals surface area contributed by atoms with E-state index >= 15 is 0 Å². The number of nitrogens with zero attached hydrogens (tertiary/aromatic N) is 6. The molecule has 5 heterocycles. The molecule has 24 heteroatoms. The molecule has 92 heavy (non-hydrogen) atoms. The smallest absolute Gasteiger partial charge is 0.329 e. The third-order valence-electron chi connectivity index (χ3n) is 19.1. The molecule has 3 amide bonds. The van der Waals surface area contributed by atoms with Gasteiger partial charge in [-0.15, -0.1) is 0 Å². The van der Waals surface area contributed by atoms with Crippen LogP contribution in [0.4, 0.5) is 5.95 Å². The summed E-state index contributed by atoms with van der Waals surface area (Å²) in [6.07, 6.45) is 13.9. The highest BCUT2D eigenvalue weighted by Gasteiger charge is 2.53. The highest BCUT2D eigenvalue weighted by atomic mass is 16.6. The number of nitrogens with one attached hydrogen (secondary N) is 2. The van der Waals surface area contributed by atoms with Crippen molar-refractivity contribution >= 4 is 41.1 Å². The first-order chi connectivity index (χ1) is 44.0. The van der Waals surface area contributed by atoms with Gasteiger partial charge in [-0.2, -0.15) is 0 Å². The minimum Gasteiger partial charge on any atom is -0.460 e. The molecular weight excluding hydrogens is 1180 g/mol. The molecule has 4 aliphatic heterocycles. The number of oxime groups is 1. The molecule has 6 rings (SSSR count). The third kappa shape index (κ3) is 22.3. The van der Waals surface area contributed by atoms with Crippen molar-refractivity contribution < 1.29 is 77.7 Å². The summed E-state index contributed by atoms with van der Waals surface area (Å²) >= 11 is 0. The van der Waals surface area contributed by atoms with Crippen LogP contribution in [0.15, 0.2) is 65.2 Å². The Morgan fingerprint density at radius 2 is 1.55 bits per heavy atom. The van der Waals surface area contributed by atoms with Gasteiger partial charge in [0.15, 0.2) is 6.61 Å². The van der Waals surface area contributed by atoms with Gasteiger partial charge in [0.1, 0.15) is 24.4 Å². The second-order valence-corrected chi connectivity index (χ2v) is 26.4. The molecule has 1 aromatic heterocycles. The average molecular weight is 1290 g/mol. The summed E-state index contributed by atoms with van der Waals surface area (Å²) < 4.78 is 35.8. The predicted octanol–water partition coefficient (Wildman–Crippen LogP) is 5.16. The van der Waals surface area contributed by atoms with Crippen LogP contribution in [0.2, 0.25) is 0 Å². The molecule has 5 aliphatic rings. The van der Waals surface area contributed by atoms with Gasteiger partial charge in [0, 0.05) is 122 Å². The van der Waals surface area contributed by atoms with E-state index < -0.39 is 96.6 Å². The van der Waals surface area contributed by atoms with E-state index in [9.17, 15) is 44.4 Å². The van der Waals surface area contributed by atoms with Crippen LogP contribution < -0.4 is 15.5 Å². The minimum atomic E-state index is -2.45. The molecule has 0 unspecified atom stereocenters. The van der Waals surface area contributed by atoms with Crippen molar-refractivity contribution in [3.05, 3.63) is 65.6 Å². The maximum Gasteiger partial charge on any atom is 0.329 e. The fourth-order valence-corrected chi connectivity index (χ4v) is 13.1. The first-order valence-electron chi connectivity index (χ1n) is 33.3. The number of Topliss-reactive ketones (excluding diaryl/α,β-unsaturated/α-hetero) is 1. The normalized spacial score (nSPS) is 34.3. The number of rotatable bonds is 18. The Labute approximate surface area is 544 Å². The van der Waals surface area contributed by atoms with Crippen LogP contribution >= 0.6 is 0 Å². The van der Waals surface area contributed by atoms with Crippen LogP contribution in [0.3, 0.4) is 0 Å². The molecule has 2 bridgehead atoms. The van der Waals surface area contributed by atoms with Gasteiger partial charge in [0.25, 0.3) is 17.6 Å². The van der Waals surface area contributed by atoms with Gasteiger partial charge in [-0.3, -0.25) is 19.2 Å². The van der Waals surface area contributed by atoms with Crippen LogP contribution in [0.1, 0.15) is 138 Å². The van der Waals surface area contributed by atoms with Crippen molar-refractivity contribution in [1.29, 1.82) is 0 Å². The number of carbonyl (C=O) groups is 5. The average Bonchev–Trinajstić information content (AvgIpc) is 0.796. The number of carbonyl (C=O) groups excluding carboxylic acids is 5. The topological polar surface area (TPSA) is 303 Å². The van der Waals surface area contributed by atoms with E-state index in [4.69, 9.17) is 33.3 Å². The third-order valence-corrected chi connectivity index (χ3v) is 19.1. The molecular formula is C68H108N8O16. The molecule has 1 aromatic rings. The largest absolute Gasteiger partial charge is 0.460 e. The number of ether oxygens (including phenoxy) is 6. The van der Waals surface area contributed by atoms with Gasteiger partial charge in [-0.25, -0.2) is 14.8 Å². The number of fused-ring (bicyclic) bond motifs is 3. The van der Waals surface area contributed by atoms with E-state index in [0.29, 0.717) is 81.4 Å². The molecule has 0 radical (unpaired) electrons. The summed E-state index contributed by atoms with van der Waals surface area (Å²) in [6.45, 7) is 17.0. The standard InChI is InChI=1S/C68H108N8O16/c1-43-17-13-12-14-18-44(2)56(86-9)37-52-22-20-49(7)68(85,92-52)64(82)65(83)76-26-16-15-19-53(76)66(84)91-57(46(4)35-50-21-23-54(77)58(36-50)87-10)38-55(78)45(3)34-48(6)62(81)63(88-11)61(47(5)33-43)73-90-42-60(80)69-25-32-89-31-24-59(79)70-39-51-40-71-67(72-41-51)75-29-27-74(8)28-30-75/h12-14,17-18,34,40-41,43,45-47,49-50,52-58,62-63,77-78,81,85H,15-16,19-33,35-39,42H2,1-11H3,(H,69,80)(H,70,79)/b14-12+,17-13+,44-18+,48-34+,73-61+/t43-,45-,46-,47-,49-,50+,52+,53+,54-,55-,56+,57+,58-,62-,63+,68-/m1/s1. The number of aromatic nitrogens is 2. The highest BCUT2D eigenvalue weighted by molar-refractivity contribution is 6.39. The van der Waals surface area contributed by atoms with Crippen molar-refractivity contribution in [3.63, 3.8) is 0 Å². The maximum atomic E-state index is 14.7. The molecule has 1 aliphatic carbocycles. The van der Waals surface area contributed by atoms with E-state index in [2.05, 4.69) is 42.6 Å². The van der Waals surface area contributed by atoms with Crippen LogP contribution in [-0.2, 0) is 63.8 Å².